The smallest absolute Gasteiger partial charge is 0.294 e. The van der Waals surface area contributed by atoms with Crippen molar-refractivity contribution in [3.05, 3.63) is 52.8 Å². The highest BCUT2D eigenvalue weighted by atomic mass is 16.6. The van der Waals surface area contributed by atoms with E-state index in [2.05, 4.69) is 9.88 Å². The van der Waals surface area contributed by atoms with Crippen molar-refractivity contribution in [3.8, 4) is 0 Å². The molecular formula is C14H18N4O2. The molecule has 1 aromatic carbocycles. The van der Waals surface area contributed by atoms with Crippen LogP contribution in [0.4, 0.5) is 17.1 Å². The zero-order chi connectivity index (χ0) is 14.4. The summed E-state index contributed by atoms with van der Waals surface area (Å²) in [6.07, 6.45) is 6.01. The van der Waals surface area contributed by atoms with Crippen molar-refractivity contribution in [1.29, 1.82) is 0 Å². The van der Waals surface area contributed by atoms with E-state index in [4.69, 9.17) is 5.73 Å². The number of unbranched alkanes of at least 4 members (excludes halogenated alkanes) is 1. The van der Waals surface area contributed by atoms with Crippen molar-refractivity contribution in [1.82, 2.24) is 4.57 Å². The fourth-order valence-electron chi connectivity index (χ4n) is 2.01. The van der Waals surface area contributed by atoms with Crippen LogP contribution in [0.1, 0.15) is 12.8 Å². The maximum absolute atomic E-state index is 10.9. The molecule has 6 nitrogen and oxygen atoms in total. The molecule has 2 rings (SSSR count). The number of nitrogens with two attached hydrogens (primary N) is 1. The van der Waals surface area contributed by atoms with E-state index in [0.29, 0.717) is 17.9 Å². The Hall–Kier alpha value is -2.50. The Labute approximate surface area is 117 Å². The largest absolute Gasteiger partial charge is 0.399 e. The number of aryl methyl sites for hydroxylation is 1. The molecule has 0 saturated carbocycles. The van der Waals surface area contributed by atoms with E-state index in [0.717, 1.165) is 19.4 Å². The zero-order valence-electron chi connectivity index (χ0n) is 11.2. The third-order valence-electron chi connectivity index (χ3n) is 3.04. The first kappa shape index (κ1) is 13.9. The topological polar surface area (TPSA) is 86.1 Å². The Morgan fingerprint density at radius 3 is 2.70 bits per heavy atom. The first-order valence-corrected chi connectivity index (χ1v) is 6.55. The van der Waals surface area contributed by atoms with E-state index in [1.165, 1.54) is 6.07 Å². The summed E-state index contributed by atoms with van der Waals surface area (Å²) in [6.45, 7) is 1.66. The molecule has 0 radical (unpaired) electrons. The van der Waals surface area contributed by atoms with Crippen LogP contribution in [0, 0.1) is 10.1 Å². The van der Waals surface area contributed by atoms with Crippen molar-refractivity contribution in [2.24, 2.45) is 0 Å². The number of nitrogens with one attached hydrogen (secondary N) is 1. The monoisotopic (exact) mass is 274 g/mol. The average Bonchev–Trinajstić information content (AvgIpc) is 2.92. The summed E-state index contributed by atoms with van der Waals surface area (Å²) in [6, 6.07) is 8.68. The van der Waals surface area contributed by atoms with Gasteiger partial charge in [0.15, 0.2) is 0 Å². The number of nitrogens with zero attached hydrogens (tertiary/aromatic N) is 2. The average molecular weight is 274 g/mol. The van der Waals surface area contributed by atoms with Gasteiger partial charge in [-0.25, -0.2) is 0 Å². The van der Waals surface area contributed by atoms with E-state index in [1.807, 2.05) is 24.5 Å². The molecule has 0 bridgehead atoms. The molecule has 106 valence electrons. The third-order valence-corrected chi connectivity index (χ3v) is 3.04. The molecule has 0 unspecified atom stereocenters. The van der Waals surface area contributed by atoms with Gasteiger partial charge in [-0.05, 0) is 37.1 Å². The third kappa shape index (κ3) is 3.74. The number of nitro benzene ring substituents is 1. The minimum Gasteiger partial charge on any atom is -0.399 e. The molecule has 3 N–H and O–H groups in total. The van der Waals surface area contributed by atoms with Gasteiger partial charge in [-0.15, -0.1) is 0 Å². The number of anilines is 2. The lowest BCUT2D eigenvalue weighted by Gasteiger charge is -2.08. The number of nitro groups is 1. The zero-order valence-corrected chi connectivity index (χ0v) is 11.2. The highest BCUT2D eigenvalue weighted by Gasteiger charge is 2.13. The number of benzene rings is 1. The van der Waals surface area contributed by atoms with Crippen LogP contribution < -0.4 is 11.1 Å². The van der Waals surface area contributed by atoms with Crippen LogP contribution in [-0.4, -0.2) is 16.0 Å². The summed E-state index contributed by atoms with van der Waals surface area (Å²) < 4.78 is 2.12. The number of aromatic nitrogens is 1. The second-order valence-corrected chi connectivity index (χ2v) is 4.59. The first-order valence-electron chi connectivity index (χ1n) is 6.55. The molecule has 2 aromatic rings. The van der Waals surface area contributed by atoms with Gasteiger partial charge in [0.25, 0.3) is 5.69 Å². The second kappa shape index (κ2) is 6.60. The van der Waals surface area contributed by atoms with Gasteiger partial charge in [0.05, 0.1) is 4.92 Å². The van der Waals surface area contributed by atoms with Crippen LogP contribution in [0.2, 0.25) is 0 Å². The van der Waals surface area contributed by atoms with Crippen LogP contribution in [0.3, 0.4) is 0 Å². The SMILES string of the molecule is Nc1ccc(NCCCCn2cccc2)c([N+](=O)[O-])c1. The van der Waals surface area contributed by atoms with Crippen molar-refractivity contribution >= 4 is 17.1 Å². The molecule has 6 heteroatoms. The molecule has 0 atom stereocenters. The Morgan fingerprint density at radius 2 is 2.00 bits per heavy atom. The maximum Gasteiger partial charge on any atom is 0.294 e. The van der Waals surface area contributed by atoms with Gasteiger partial charge in [-0.2, -0.15) is 0 Å². The Balaban J connectivity index is 1.80. The summed E-state index contributed by atoms with van der Waals surface area (Å²) in [5.41, 5.74) is 6.50. The van der Waals surface area contributed by atoms with Gasteiger partial charge in [-0.3, -0.25) is 10.1 Å². The van der Waals surface area contributed by atoms with E-state index in [1.54, 1.807) is 12.1 Å². The van der Waals surface area contributed by atoms with E-state index in [-0.39, 0.29) is 5.69 Å². The van der Waals surface area contributed by atoms with Gasteiger partial charge in [0.2, 0.25) is 0 Å². The van der Waals surface area contributed by atoms with Gasteiger partial charge in [0.1, 0.15) is 5.69 Å². The van der Waals surface area contributed by atoms with Crippen molar-refractivity contribution < 1.29 is 4.92 Å². The molecule has 0 fully saturated rings. The molecule has 0 aliphatic carbocycles. The van der Waals surface area contributed by atoms with Gasteiger partial charge >= 0.3 is 0 Å². The molecule has 0 amide bonds. The van der Waals surface area contributed by atoms with Crippen LogP contribution in [-0.2, 0) is 6.54 Å². The molecule has 0 spiro atoms. The van der Waals surface area contributed by atoms with E-state index >= 15 is 0 Å². The van der Waals surface area contributed by atoms with E-state index < -0.39 is 4.92 Å². The highest BCUT2D eigenvalue weighted by Crippen LogP contribution is 2.26. The summed E-state index contributed by atoms with van der Waals surface area (Å²) in [4.78, 5) is 10.5. The highest BCUT2D eigenvalue weighted by molar-refractivity contribution is 5.66. The minimum atomic E-state index is -0.418. The lowest BCUT2D eigenvalue weighted by Crippen LogP contribution is -2.06. The predicted molar refractivity (Wildman–Crippen MR) is 79.7 cm³/mol. The number of hydrogen-bond donors (Lipinski definition) is 2. The summed E-state index contributed by atoms with van der Waals surface area (Å²) in [7, 11) is 0. The lowest BCUT2D eigenvalue weighted by molar-refractivity contribution is -0.383. The van der Waals surface area contributed by atoms with Crippen LogP contribution in [0.5, 0.6) is 0 Å². The Kier molecular flexibility index (Phi) is 4.60. The molecule has 0 saturated heterocycles. The van der Waals surface area contributed by atoms with Crippen molar-refractivity contribution in [2.45, 2.75) is 19.4 Å². The maximum atomic E-state index is 10.9. The molecule has 20 heavy (non-hydrogen) atoms. The lowest BCUT2D eigenvalue weighted by atomic mass is 10.2. The van der Waals surface area contributed by atoms with E-state index in [9.17, 15) is 10.1 Å². The molecule has 1 heterocycles. The van der Waals surface area contributed by atoms with Crippen LogP contribution in [0.25, 0.3) is 0 Å². The molecular weight excluding hydrogens is 256 g/mol. The Bertz CT molecular complexity index is 567. The van der Waals surface area contributed by atoms with Gasteiger partial charge in [-0.1, -0.05) is 0 Å². The fraction of sp³-hybridized carbons (Fsp3) is 0.286. The summed E-state index contributed by atoms with van der Waals surface area (Å²) in [5.74, 6) is 0. The van der Waals surface area contributed by atoms with Crippen LogP contribution >= 0.6 is 0 Å². The minimum absolute atomic E-state index is 0.0235. The standard InChI is InChI=1S/C14H18N4O2/c15-12-5-6-13(14(11-12)18(19)20)16-7-1-2-8-17-9-3-4-10-17/h3-6,9-11,16H,1-2,7-8,15H2. The summed E-state index contributed by atoms with van der Waals surface area (Å²) in [5, 5.41) is 14.0. The quantitative estimate of drug-likeness (QED) is 0.352. The first-order chi connectivity index (χ1) is 9.66. The Morgan fingerprint density at radius 1 is 1.25 bits per heavy atom. The molecule has 0 aliphatic rings. The van der Waals surface area contributed by atoms with Crippen molar-refractivity contribution in [2.75, 3.05) is 17.6 Å². The number of nitrogen functional groups attached to an aromatic ring is 1. The number of hydrogen-bond acceptors (Lipinski definition) is 4. The number of rotatable bonds is 7. The molecule has 1 aromatic heterocycles. The fourth-order valence-corrected chi connectivity index (χ4v) is 2.01. The predicted octanol–water partition coefficient (Wildman–Crippen LogP) is 2.87. The van der Waals surface area contributed by atoms with Crippen LogP contribution in [0.15, 0.2) is 42.7 Å². The summed E-state index contributed by atoms with van der Waals surface area (Å²) >= 11 is 0. The van der Waals surface area contributed by atoms with Gasteiger partial charge < -0.3 is 15.6 Å². The van der Waals surface area contributed by atoms with Crippen molar-refractivity contribution in [3.63, 3.8) is 0 Å². The normalized spacial score (nSPS) is 10.4. The second-order valence-electron chi connectivity index (χ2n) is 4.59. The van der Waals surface area contributed by atoms with Gasteiger partial charge in [0, 0.05) is 37.2 Å². The molecule has 0 aliphatic heterocycles.